The van der Waals surface area contributed by atoms with Crippen LogP contribution < -0.4 is 0 Å². The van der Waals surface area contributed by atoms with E-state index in [1.54, 1.807) is 12.1 Å². The molecule has 0 radical (unpaired) electrons. The van der Waals surface area contributed by atoms with E-state index in [1.165, 1.54) is 5.56 Å². The minimum absolute atomic E-state index is 0.219. The Kier molecular flexibility index (Phi) is 3.62. The van der Waals surface area contributed by atoms with Crippen LogP contribution in [0.3, 0.4) is 0 Å². The van der Waals surface area contributed by atoms with Crippen LogP contribution in [0.2, 0.25) is 0 Å². The van der Waals surface area contributed by atoms with Gasteiger partial charge in [-0.3, -0.25) is 0 Å². The lowest BCUT2D eigenvalue weighted by molar-refractivity contribution is 0.766. The van der Waals surface area contributed by atoms with Crippen molar-refractivity contribution in [2.45, 2.75) is 26.7 Å². The highest BCUT2D eigenvalue weighted by Gasteiger charge is 2.12. The van der Waals surface area contributed by atoms with Gasteiger partial charge in [-0.05, 0) is 6.92 Å². The Balaban J connectivity index is 2.13. The first-order valence-electron chi connectivity index (χ1n) is 7.93. The van der Waals surface area contributed by atoms with Gasteiger partial charge in [-0.25, -0.2) is 15.0 Å². The monoisotopic (exact) mass is 290 g/mol. The van der Waals surface area contributed by atoms with Crippen LogP contribution >= 0.6 is 0 Å². The second-order valence-corrected chi connectivity index (χ2v) is 5.65. The third-order valence-electron chi connectivity index (χ3n) is 3.46. The topological polar surface area (TPSA) is 38.7 Å². The van der Waals surface area contributed by atoms with Crippen molar-refractivity contribution in [1.29, 1.82) is 0 Å². The molecule has 0 aliphatic heterocycles. The molecule has 0 bridgehead atoms. The van der Waals surface area contributed by atoms with Gasteiger partial charge in [-0.15, -0.1) is 0 Å². The third-order valence-corrected chi connectivity index (χ3v) is 3.46. The maximum absolute atomic E-state index is 7.61. The van der Waals surface area contributed by atoms with E-state index in [2.05, 4.69) is 47.9 Å². The fraction of sp³-hybridized carbons (Fsp3) is 0.211. The van der Waals surface area contributed by atoms with E-state index < -0.39 is 0 Å². The molecular formula is C19H19N3. The first-order chi connectivity index (χ1) is 11.0. The number of benzene rings is 2. The average Bonchev–Trinajstić information content (AvgIpc) is 2.55. The molecule has 0 amide bonds. The molecule has 2 aromatic carbocycles. The molecule has 0 N–H and O–H groups in total. The highest BCUT2D eigenvalue weighted by atomic mass is 15.0. The Bertz CT molecular complexity index is 745. The quantitative estimate of drug-likeness (QED) is 0.705. The Morgan fingerprint density at radius 3 is 1.91 bits per heavy atom. The summed E-state index contributed by atoms with van der Waals surface area (Å²) in [5.41, 5.74) is 3.09. The lowest BCUT2D eigenvalue weighted by Crippen LogP contribution is -2.04. The van der Waals surface area contributed by atoms with Gasteiger partial charge in [0.1, 0.15) is 5.82 Å². The molecule has 0 saturated heterocycles. The molecule has 22 heavy (non-hydrogen) atoms. The fourth-order valence-corrected chi connectivity index (χ4v) is 2.15. The molecule has 1 heterocycles. The maximum atomic E-state index is 7.61. The zero-order valence-corrected chi connectivity index (χ0v) is 13.0. The molecule has 3 aromatic rings. The molecule has 0 atom stereocenters. The van der Waals surface area contributed by atoms with E-state index in [0.717, 1.165) is 17.0 Å². The van der Waals surface area contributed by atoms with Crippen molar-refractivity contribution < 1.29 is 1.37 Å². The smallest absolute Gasteiger partial charge is 0.163 e. The maximum Gasteiger partial charge on any atom is 0.163 e. The van der Waals surface area contributed by atoms with Crippen molar-refractivity contribution in [3.63, 3.8) is 0 Å². The van der Waals surface area contributed by atoms with E-state index in [0.29, 0.717) is 17.7 Å². The molecule has 3 rings (SSSR count). The Morgan fingerprint density at radius 2 is 1.36 bits per heavy atom. The highest BCUT2D eigenvalue weighted by Crippen LogP contribution is 2.22. The van der Waals surface area contributed by atoms with Gasteiger partial charge in [0, 0.05) is 17.0 Å². The first-order valence-corrected chi connectivity index (χ1v) is 7.43. The van der Waals surface area contributed by atoms with E-state index in [4.69, 9.17) is 1.37 Å². The predicted octanol–water partition coefficient (Wildman–Crippen LogP) is 4.64. The second-order valence-electron chi connectivity index (χ2n) is 5.65. The van der Waals surface area contributed by atoms with Crippen molar-refractivity contribution in [2.24, 2.45) is 0 Å². The Morgan fingerprint density at radius 1 is 0.818 bits per heavy atom. The van der Waals surface area contributed by atoms with Crippen LogP contribution in [0.4, 0.5) is 0 Å². The summed E-state index contributed by atoms with van der Waals surface area (Å²) in [6, 6.07) is 15.9. The molecule has 0 spiro atoms. The number of aryl methyl sites for hydroxylation is 1. The molecule has 0 unspecified atom stereocenters. The summed E-state index contributed by atoms with van der Waals surface area (Å²) in [6.45, 7) is 6.21. The van der Waals surface area contributed by atoms with Crippen LogP contribution in [-0.2, 0) is 0 Å². The lowest BCUT2D eigenvalue weighted by atomic mass is 10.1. The second kappa shape index (κ2) is 6.06. The molecule has 0 saturated carbocycles. The van der Waals surface area contributed by atoms with Crippen LogP contribution in [-0.4, -0.2) is 15.0 Å². The average molecular weight is 290 g/mol. The van der Waals surface area contributed by atoms with Crippen molar-refractivity contribution >= 4 is 0 Å². The van der Waals surface area contributed by atoms with Gasteiger partial charge in [-0.1, -0.05) is 74.0 Å². The van der Waals surface area contributed by atoms with Gasteiger partial charge in [0.2, 0.25) is 0 Å². The number of aromatic nitrogens is 3. The zero-order chi connectivity index (χ0) is 16.4. The normalized spacial score (nSPS) is 11.5. The van der Waals surface area contributed by atoms with Gasteiger partial charge >= 0.3 is 0 Å². The van der Waals surface area contributed by atoms with Crippen molar-refractivity contribution in [3.05, 3.63) is 66.0 Å². The summed E-state index contributed by atoms with van der Waals surface area (Å²) in [5, 5.41) is 0. The van der Waals surface area contributed by atoms with Crippen molar-refractivity contribution in [1.82, 2.24) is 15.0 Å². The Labute approximate surface area is 132 Å². The lowest BCUT2D eigenvalue weighted by Gasteiger charge is -2.10. The Hall–Kier alpha value is -2.55. The molecule has 0 fully saturated rings. The summed E-state index contributed by atoms with van der Waals surface area (Å²) in [5.74, 6) is 2.34. The van der Waals surface area contributed by atoms with E-state index in [9.17, 15) is 0 Å². The predicted molar refractivity (Wildman–Crippen MR) is 89.5 cm³/mol. The third kappa shape index (κ3) is 3.03. The van der Waals surface area contributed by atoms with Gasteiger partial charge in [0.15, 0.2) is 11.6 Å². The summed E-state index contributed by atoms with van der Waals surface area (Å²) in [6.07, 6.45) is 0. The molecule has 1 aromatic heterocycles. The van der Waals surface area contributed by atoms with Gasteiger partial charge in [0.05, 0.1) is 1.37 Å². The number of hydrogen-bond donors (Lipinski definition) is 0. The van der Waals surface area contributed by atoms with Gasteiger partial charge in [0.25, 0.3) is 0 Å². The molecular weight excluding hydrogens is 270 g/mol. The minimum Gasteiger partial charge on any atom is -0.213 e. The number of hydrogen-bond acceptors (Lipinski definition) is 3. The SMILES string of the molecule is [2H]c1ccc(-c2nc(-c3ccc(C)cc3)nc(C(C)C)n2)cc1. The largest absolute Gasteiger partial charge is 0.213 e. The van der Waals surface area contributed by atoms with Gasteiger partial charge < -0.3 is 0 Å². The molecule has 3 heteroatoms. The van der Waals surface area contributed by atoms with Gasteiger partial charge in [-0.2, -0.15) is 0 Å². The highest BCUT2D eigenvalue weighted by molar-refractivity contribution is 5.61. The van der Waals surface area contributed by atoms with Crippen molar-refractivity contribution in [3.8, 4) is 22.8 Å². The molecule has 3 nitrogen and oxygen atoms in total. The molecule has 0 aliphatic carbocycles. The number of rotatable bonds is 3. The molecule has 0 aliphatic rings. The summed E-state index contributed by atoms with van der Waals surface area (Å²) in [4.78, 5) is 13.8. The van der Waals surface area contributed by atoms with Crippen LogP contribution in [0.1, 0.15) is 32.5 Å². The van der Waals surface area contributed by atoms with E-state index >= 15 is 0 Å². The fourth-order valence-electron chi connectivity index (χ4n) is 2.15. The summed E-state index contributed by atoms with van der Waals surface area (Å²) < 4.78 is 7.61. The van der Waals surface area contributed by atoms with Crippen LogP contribution in [0.25, 0.3) is 22.8 Å². The summed E-state index contributed by atoms with van der Waals surface area (Å²) in [7, 11) is 0. The first kappa shape index (κ1) is 13.1. The van der Waals surface area contributed by atoms with E-state index in [-0.39, 0.29) is 5.92 Å². The van der Waals surface area contributed by atoms with Crippen LogP contribution in [0.5, 0.6) is 0 Å². The van der Waals surface area contributed by atoms with Crippen LogP contribution in [0, 0.1) is 6.92 Å². The summed E-state index contributed by atoms with van der Waals surface area (Å²) >= 11 is 0. The standard InChI is InChI=1S/C19H19N3/c1-13(2)17-20-18(15-7-5-4-6-8-15)22-19(21-17)16-11-9-14(3)10-12-16/h4-13H,1-3H3/i4D. The number of nitrogens with zero attached hydrogens (tertiary/aromatic N) is 3. The van der Waals surface area contributed by atoms with E-state index in [1.807, 2.05) is 24.3 Å². The van der Waals surface area contributed by atoms with Crippen molar-refractivity contribution in [2.75, 3.05) is 0 Å². The minimum atomic E-state index is 0.219. The zero-order valence-electron chi connectivity index (χ0n) is 14.0. The van der Waals surface area contributed by atoms with Crippen LogP contribution in [0.15, 0.2) is 54.6 Å². The molecule has 110 valence electrons.